The molecule has 2 aromatic heterocycles. The van der Waals surface area contributed by atoms with Crippen LogP contribution in [0.25, 0.3) is 65.5 Å². The minimum atomic E-state index is 0.647. The summed E-state index contributed by atoms with van der Waals surface area (Å²) in [5.41, 5.74) is 5.13. The summed E-state index contributed by atoms with van der Waals surface area (Å²) in [6, 6.07) is 41.2. The van der Waals surface area contributed by atoms with Gasteiger partial charge in [0.2, 0.25) is 0 Å². The van der Waals surface area contributed by atoms with E-state index in [2.05, 4.69) is 72.8 Å². The number of rotatable bonds is 4. The fourth-order valence-corrected chi connectivity index (χ4v) is 6.07. The van der Waals surface area contributed by atoms with E-state index < -0.39 is 0 Å². The first-order valence-corrected chi connectivity index (χ1v) is 13.5. The van der Waals surface area contributed by atoms with Gasteiger partial charge in [-0.3, -0.25) is 0 Å². The van der Waals surface area contributed by atoms with Crippen molar-refractivity contribution in [2.45, 2.75) is 0 Å². The minimum absolute atomic E-state index is 0.647. The van der Waals surface area contributed by atoms with Crippen LogP contribution in [0.5, 0.6) is 0 Å². The Labute approximate surface area is 229 Å². The fraction of sp³-hybridized carbons (Fsp3) is 0. The van der Waals surface area contributed by atoms with Crippen LogP contribution in [0.1, 0.15) is 0 Å². The van der Waals surface area contributed by atoms with Crippen LogP contribution in [0.4, 0.5) is 0 Å². The molecule has 0 aliphatic rings. The number of halogens is 1. The largest absolute Gasteiger partial charge is 0.208 e. The van der Waals surface area contributed by atoms with Crippen molar-refractivity contribution in [3.63, 3.8) is 0 Å². The molecule has 0 fully saturated rings. The van der Waals surface area contributed by atoms with Gasteiger partial charge >= 0.3 is 0 Å². The maximum Gasteiger partial charge on any atom is 0.164 e. The molecule has 7 rings (SSSR count). The second-order valence-electron chi connectivity index (χ2n) is 9.07. The molecule has 0 N–H and O–H groups in total. The lowest BCUT2D eigenvalue weighted by atomic mass is 10.0. The molecule has 0 bridgehead atoms. The summed E-state index contributed by atoms with van der Waals surface area (Å²) in [5.74, 6) is 1.95. The zero-order valence-electron chi connectivity index (χ0n) is 20.2. The number of thiophene rings is 1. The molecule has 0 spiro atoms. The predicted octanol–water partition coefficient (Wildman–Crippen LogP) is 9.56. The van der Waals surface area contributed by atoms with Crippen molar-refractivity contribution in [1.82, 2.24) is 15.0 Å². The maximum absolute atomic E-state index is 6.25. The van der Waals surface area contributed by atoms with Gasteiger partial charge in [-0.25, -0.2) is 15.0 Å². The number of hydrogen-bond donors (Lipinski definition) is 0. The second kappa shape index (κ2) is 9.49. The van der Waals surface area contributed by atoms with E-state index in [0.717, 1.165) is 32.8 Å². The smallest absolute Gasteiger partial charge is 0.164 e. The van der Waals surface area contributed by atoms with Crippen molar-refractivity contribution in [2.24, 2.45) is 0 Å². The molecule has 180 valence electrons. The van der Waals surface area contributed by atoms with Crippen LogP contribution in [-0.2, 0) is 0 Å². The molecule has 0 radical (unpaired) electrons. The molecule has 0 aliphatic heterocycles. The van der Waals surface area contributed by atoms with E-state index in [1.807, 2.05) is 48.5 Å². The van der Waals surface area contributed by atoms with Crippen LogP contribution in [0.15, 0.2) is 121 Å². The van der Waals surface area contributed by atoms with Crippen molar-refractivity contribution in [3.8, 4) is 45.3 Å². The summed E-state index contributed by atoms with van der Waals surface area (Å²) < 4.78 is 2.38. The summed E-state index contributed by atoms with van der Waals surface area (Å²) in [7, 11) is 0. The normalized spacial score (nSPS) is 11.3. The van der Waals surface area contributed by atoms with Crippen LogP contribution in [0.3, 0.4) is 0 Å². The first-order valence-electron chi connectivity index (χ1n) is 12.3. The first-order chi connectivity index (χ1) is 18.7. The van der Waals surface area contributed by atoms with E-state index in [1.165, 1.54) is 20.2 Å². The molecule has 0 atom stereocenters. The third-order valence-electron chi connectivity index (χ3n) is 6.59. The molecule has 0 unspecified atom stereocenters. The Morgan fingerprint density at radius 3 is 1.76 bits per heavy atom. The summed E-state index contributed by atoms with van der Waals surface area (Å²) in [5, 5.41) is 3.11. The van der Waals surface area contributed by atoms with E-state index in [9.17, 15) is 0 Å². The van der Waals surface area contributed by atoms with Gasteiger partial charge < -0.3 is 0 Å². The fourth-order valence-electron chi connectivity index (χ4n) is 4.71. The van der Waals surface area contributed by atoms with Crippen LogP contribution in [0, 0.1) is 0 Å². The summed E-state index contributed by atoms with van der Waals surface area (Å²) >= 11 is 8.00. The Hall–Kier alpha value is -4.38. The van der Waals surface area contributed by atoms with Crippen molar-refractivity contribution >= 4 is 43.1 Å². The molecule has 3 nitrogen and oxygen atoms in total. The molecule has 0 amide bonds. The molecule has 2 heterocycles. The van der Waals surface area contributed by atoms with Gasteiger partial charge in [0.1, 0.15) is 0 Å². The van der Waals surface area contributed by atoms with Gasteiger partial charge in [-0.2, -0.15) is 0 Å². The summed E-state index contributed by atoms with van der Waals surface area (Å²) in [4.78, 5) is 14.8. The third-order valence-corrected chi connectivity index (χ3v) is 7.96. The van der Waals surface area contributed by atoms with Gasteiger partial charge in [-0.15, -0.1) is 11.3 Å². The molecule has 5 aromatic carbocycles. The highest BCUT2D eigenvalue weighted by Crippen LogP contribution is 2.37. The Morgan fingerprint density at radius 1 is 0.421 bits per heavy atom. The number of aromatic nitrogens is 3. The molecule has 5 heteroatoms. The van der Waals surface area contributed by atoms with Gasteiger partial charge in [0.05, 0.1) is 0 Å². The highest BCUT2D eigenvalue weighted by molar-refractivity contribution is 7.25. The lowest BCUT2D eigenvalue weighted by molar-refractivity contribution is 1.07. The van der Waals surface area contributed by atoms with Crippen molar-refractivity contribution in [1.29, 1.82) is 0 Å². The Morgan fingerprint density at radius 2 is 1.03 bits per heavy atom. The van der Waals surface area contributed by atoms with Crippen LogP contribution in [-0.4, -0.2) is 15.0 Å². The lowest BCUT2D eigenvalue weighted by Crippen LogP contribution is -2.00. The molecule has 0 saturated carbocycles. The van der Waals surface area contributed by atoms with Gasteiger partial charge in [0.25, 0.3) is 0 Å². The van der Waals surface area contributed by atoms with Gasteiger partial charge in [-0.1, -0.05) is 96.5 Å². The Balaban J connectivity index is 1.41. The monoisotopic (exact) mass is 525 g/mol. The SMILES string of the molecule is Clc1ccc2c(c1)sc1ccc(-c3nc(-c4ccccc4)nc(-c4cccc(-c5ccccc5)c4)n3)cc12. The molecule has 0 saturated heterocycles. The summed E-state index contributed by atoms with van der Waals surface area (Å²) in [6.45, 7) is 0. The van der Waals surface area contributed by atoms with Crippen molar-refractivity contribution in [2.75, 3.05) is 0 Å². The first kappa shape index (κ1) is 22.8. The van der Waals surface area contributed by atoms with Crippen LogP contribution in [0.2, 0.25) is 5.02 Å². The third kappa shape index (κ3) is 4.24. The average Bonchev–Trinajstić information content (AvgIpc) is 3.34. The van der Waals surface area contributed by atoms with E-state index in [4.69, 9.17) is 26.6 Å². The van der Waals surface area contributed by atoms with E-state index in [1.54, 1.807) is 11.3 Å². The summed E-state index contributed by atoms with van der Waals surface area (Å²) in [6.07, 6.45) is 0. The quantitative estimate of drug-likeness (QED) is 0.229. The van der Waals surface area contributed by atoms with Crippen LogP contribution >= 0.6 is 22.9 Å². The molecule has 38 heavy (non-hydrogen) atoms. The van der Waals surface area contributed by atoms with Crippen molar-refractivity contribution < 1.29 is 0 Å². The Bertz CT molecular complexity index is 1930. The highest BCUT2D eigenvalue weighted by atomic mass is 35.5. The van der Waals surface area contributed by atoms with E-state index in [-0.39, 0.29) is 0 Å². The molecular weight excluding hydrogens is 506 g/mol. The van der Waals surface area contributed by atoms with Crippen molar-refractivity contribution in [3.05, 3.63) is 126 Å². The minimum Gasteiger partial charge on any atom is -0.208 e. The highest BCUT2D eigenvalue weighted by Gasteiger charge is 2.14. The Kier molecular flexibility index (Phi) is 5.69. The topological polar surface area (TPSA) is 38.7 Å². The number of nitrogens with zero attached hydrogens (tertiary/aromatic N) is 3. The zero-order chi connectivity index (χ0) is 25.5. The van der Waals surface area contributed by atoms with E-state index >= 15 is 0 Å². The maximum atomic E-state index is 6.25. The zero-order valence-corrected chi connectivity index (χ0v) is 21.7. The van der Waals surface area contributed by atoms with Gasteiger partial charge in [0.15, 0.2) is 17.5 Å². The number of benzene rings is 5. The standard InChI is InChI=1S/C33H20ClN3S/c34-26-15-16-27-28-19-25(14-17-29(28)38-30(27)20-26)33-36-31(22-10-5-2-6-11-22)35-32(37-33)24-13-7-12-23(18-24)21-8-3-1-4-9-21/h1-20H. The van der Waals surface area contributed by atoms with Gasteiger partial charge in [-0.05, 0) is 47.5 Å². The number of fused-ring (bicyclic) bond motifs is 3. The lowest BCUT2D eigenvalue weighted by Gasteiger charge is -2.10. The molecule has 7 aromatic rings. The molecular formula is C33H20ClN3S. The molecule has 0 aliphatic carbocycles. The average molecular weight is 526 g/mol. The van der Waals surface area contributed by atoms with Gasteiger partial charge in [0, 0.05) is 41.9 Å². The predicted molar refractivity (Wildman–Crippen MR) is 159 cm³/mol. The van der Waals surface area contributed by atoms with E-state index in [0.29, 0.717) is 17.5 Å². The second-order valence-corrected chi connectivity index (χ2v) is 10.6. The number of hydrogen-bond acceptors (Lipinski definition) is 4. The van der Waals surface area contributed by atoms with Crippen LogP contribution < -0.4 is 0 Å².